The maximum absolute atomic E-state index is 13.5. The largest absolute Gasteiger partial charge is 0.417 e. The Kier molecular flexibility index (Phi) is 8.34. The van der Waals surface area contributed by atoms with Crippen molar-refractivity contribution in [2.75, 3.05) is 13.1 Å². The molecule has 0 saturated carbocycles. The van der Waals surface area contributed by atoms with Gasteiger partial charge in [-0.1, -0.05) is 18.2 Å². The van der Waals surface area contributed by atoms with Crippen molar-refractivity contribution in [3.8, 4) is 0 Å². The topological polar surface area (TPSA) is 95.6 Å². The van der Waals surface area contributed by atoms with E-state index in [4.69, 9.17) is 0 Å². The molecule has 7 nitrogen and oxygen atoms in total. The zero-order chi connectivity index (χ0) is 26.7. The van der Waals surface area contributed by atoms with Gasteiger partial charge >= 0.3 is 6.18 Å². The van der Waals surface area contributed by atoms with E-state index in [0.717, 1.165) is 28.6 Å². The SMILES string of the molecule is CC(=O)NC(Cc1ccc(F)c(F)c1)C(=O)NC1CCN(S(=O)(=O)c2ccccc2C(F)(F)F)CC1. The zero-order valence-electron chi connectivity index (χ0n) is 19.1. The summed E-state index contributed by atoms with van der Waals surface area (Å²) in [5.74, 6) is -3.30. The van der Waals surface area contributed by atoms with Crippen LogP contribution < -0.4 is 10.6 Å². The van der Waals surface area contributed by atoms with Crippen molar-refractivity contribution in [3.05, 3.63) is 65.2 Å². The first-order valence-corrected chi connectivity index (χ1v) is 12.4. The molecule has 0 spiro atoms. The van der Waals surface area contributed by atoms with Crippen LogP contribution in [-0.2, 0) is 32.2 Å². The third-order valence-corrected chi connectivity index (χ3v) is 7.69. The molecule has 0 aliphatic carbocycles. The third kappa shape index (κ3) is 6.58. The van der Waals surface area contributed by atoms with Gasteiger partial charge < -0.3 is 10.6 Å². The standard InChI is InChI=1S/C23H24F5N3O4S/c1-14(32)29-20(13-15-6-7-18(24)19(25)12-15)22(33)30-16-8-10-31(11-9-16)36(34,35)21-5-3-2-4-17(21)23(26,27)28/h2-7,12,16,20H,8-11,13H2,1H3,(H,29,32)(H,30,33). The molecule has 2 aromatic rings. The zero-order valence-corrected chi connectivity index (χ0v) is 19.9. The highest BCUT2D eigenvalue weighted by atomic mass is 32.2. The lowest BCUT2D eigenvalue weighted by molar-refractivity contribution is -0.140. The van der Waals surface area contributed by atoms with Gasteiger partial charge in [0.1, 0.15) is 6.04 Å². The molecule has 2 N–H and O–H groups in total. The number of rotatable bonds is 7. The first kappa shape index (κ1) is 27.5. The lowest BCUT2D eigenvalue weighted by atomic mass is 10.0. The number of sulfonamides is 1. The highest BCUT2D eigenvalue weighted by Gasteiger charge is 2.40. The minimum Gasteiger partial charge on any atom is -0.351 e. The summed E-state index contributed by atoms with van der Waals surface area (Å²) < 4.78 is 93.4. The average Bonchev–Trinajstić information content (AvgIpc) is 2.80. The Labute approximate surface area is 204 Å². The number of nitrogens with zero attached hydrogens (tertiary/aromatic N) is 1. The summed E-state index contributed by atoms with van der Waals surface area (Å²) in [5, 5.41) is 5.14. The molecule has 1 aliphatic heterocycles. The molecule has 0 radical (unpaired) electrons. The predicted molar refractivity (Wildman–Crippen MR) is 119 cm³/mol. The predicted octanol–water partition coefficient (Wildman–Crippen LogP) is 3.00. The van der Waals surface area contributed by atoms with Crippen LogP contribution in [0.3, 0.4) is 0 Å². The number of amides is 2. The van der Waals surface area contributed by atoms with Gasteiger partial charge in [-0.2, -0.15) is 17.5 Å². The van der Waals surface area contributed by atoms with Crippen LogP contribution >= 0.6 is 0 Å². The molecule has 1 unspecified atom stereocenters. The number of benzene rings is 2. The van der Waals surface area contributed by atoms with E-state index in [1.54, 1.807) is 0 Å². The molecule has 1 fully saturated rings. The van der Waals surface area contributed by atoms with Gasteiger partial charge in [0, 0.05) is 32.5 Å². The van der Waals surface area contributed by atoms with Gasteiger partial charge in [0.2, 0.25) is 21.8 Å². The quantitative estimate of drug-likeness (QED) is 0.535. The molecular weight excluding hydrogens is 509 g/mol. The van der Waals surface area contributed by atoms with Crippen molar-refractivity contribution in [2.24, 2.45) is 0 Å². The summed E-state index contributed by atoms with van der Waals surface area (Å²) in [6.07, 6.45) is -4.72. The van der Waals surface area contributed by atoms with Crippen LogP contribution in [0.15, 0.2) is 47.4 Å². The Hall–Kier alpha value is -3.06. The van der Waals surface area contributed by atoms with Crippen molar-refractivity contribution in [1.29, 1.82) is 0 Å². The smallest absolute Gasteiger partial charge is 0.351 e. The van der Waals surface area contributed by atoms with Crippen molar-refractivity contribution < 1.29 is 40.0 Å². The first-order valence-electron chi connectivity index (χ1n) is 11.0. The minimum absolute atomic E-state index is 0.121. The summed E-state index contributed by atoms with van der Waals surface area (Å²) in [4.78, 5) is 23.5. The number of nitrogens with one attached hydrogen (secondary N) is 2. The Balaban J connectivity index is 1.66. The number of hydrogen-bond acceptors (Lipinski definition) is 4. The van der Waals surface area contributed by atoms with Gasteiger partial charge in [-0.25, -0.2) is 17.2 Å². The van der Waals surface area contributed by atoms with Crippen molar-refractivity contribution in [1.82, 2.24) is 14.9 Å². The molecular formula is C23H24F5N3O4S. The lowest BCUT2D eigenvalue weighted by Gasteiger charge is -2.33. The third-order valence-electron chi connectivity index (χ3n) is 5.73. The summed E-state index contributed by atoms with van der Waals surface area (Å²) in [6.45, 7) is 0.925. The minimum atomic E-state index is -4.85. The normalized spacial score (nSPS) is 16.4. The van der Waals surface area contributed by atoms with E-state index >= 15 is 0 Å². The van der Waals surface area contributed by atoms with E-state index in [0.29, 0.717) is 6.07 Å². The molecule has 3 rings (SSSR count). The maximum Gasteiger partial charge on any atom is 0.417 e. The number of piperidine rings is 1. The average molecular weight is 534 g/mol. The van der Waals surface area contributed by atoms with Crippen LogP contribution in [0.25, 0.3) is 0 Å². The van der Waals surface area contributed by atoms with Crippen LogP contribution in [0, 0.1) is 11.6 Å². The van der Waals surface area contributed by atoms with E-state index < -0.39 is 62.2 Å². The molecule has 0 aromatic heterocycles. The molecule has 2 amide bonds. The monoisotopic (exact) mass is 533 g/mol. The second-order valence-corrected chi connectivity index (χ2v) is 10.3. The summed E-state index contributed by atoms with van der Waals surface area (Å²) >= 11 is 0. The molecule has 13 heteroatoms. The summed E-state index contributed by atoms with van der Waals surface area (Å²) in [5.41, 5.74) is -0.983. The van der Waals surface area contributed by atoms with Gasteiger partial charge in [0.15, 0.2) is 11.6 Å². The Morgan fingerprint density at radius 3 is 2.28 bits per heavy atom. The number of carbonyl (C=O) groups is 2. The van der Waals surface area contributed by atoms with E-state index in [9.17, 15) is 40.0 Å². The Morgan fingerprint density at radius 1 is 1.06 bits per heavy atom. The van der Waals surface area contributed by atoms with Crippen LogP contribution in [0.2, 0.25) is 0 Å². The molecule has 1 saturated heterocycles. The van der Waals surface area contributed by atoms with Crippen LogP contribution in [-0.4, -0.2) is 49.7 Å². The second-order valence-electron chi connectivity index (χ2n) is 8.39. The van der Waals surface area contributed by atoms with Crippen molar-refractivity contribution >= 4 is 21.8 Å². The van der Waals surface area contributed by atoms with Gasteiger partial charge in [0.05, 0.1) is 10.5 Å². The molecule has 0 bridgehead atoms. The van der Waals surface area contributed by atoms with Crippen LogP contribution in [0.4, 0.5) is 22.0 Å². The molecule has 1 aliphatic rings. The highest BCUT2D eigenvalue weighted by molar-refractivity contribution is 7.89. The summed E-state index contributed by atoms with van der Waals surface area (Å²) in [6, 6.07) is 5.41. The van der Waals surface area contributed by atoms with E-state index in [1.807, 2.05) is 0 Å². The van der Waals surface area contributed by atoms with E-state index in [1.165, 1.54) is 19.1 Å². The Bertz CT molecular complexity index is 1230. The fourth-order valence-corrected chi connectivity index (χ4v) is 5.65. The van der Waals surface area contributed by atoms with Crippen LogP contribution in [0.5, 0.6) is 0 Å². The van der Waals surface area contributed by atoms with E-state index in [2.05, 4.69) is 10.6 Å². The molecule has 2 aromatic carbocycles. The number of carbonyl (C=O) groups excluding carboxylic acids is 2. The molecule has 36 heavy (non-hydrogen) atoms. The Morgan fingerprint density at radius 2 is 1.69 bits per heavy atom. The lowest BCUT2D eigenvalue weighted by Crippen LogP contribution is -2.53. The van der Waals surface area contributed by atoms with Crippen LogP contribution in [0.1, 0.15) is 30.9 Å². The summed E-state index contributed by atoms with van der Waals surface area (Å²) in [7, 11) is -4.43. The van der Waals surface area contributed by atoms with Gasteiger partial charge in [-0.05, 0) is 42.7 Å². The maximum atomic E-state index is 13.5. The fraction of sp³-hybridized carbons (Fsp3) is 0.391. The molecule has 1 atom stereocenters. The first-order chi connectivity index (χ1) is 16.8. The fourth-order valence-electron chi connectivity index (χ4n) is 3.96. The highest BCUT2D eigenvalue weighted by Crippen LogP contribution is 2.35. The number of hydrogen-bond donors (Lipinski definition) is 2. The molecule has 1 heterocycles. The van der Waals surface area contributed by atoms with Gasteiger partial charge in [-0.3, -0.25) is 9.59 Å². The number of halogens is 5. The van der Waals surface area contributed by atoms with Crippen molar-refractivity contribution in [3.63, 3.8) is 0 Å². The van der Waals surface area contributed by atoms with Crippen molar-refractivity contribution in [2.45, 2.75) is 49.3 Å². The second kappa shape index (κ2) is 10.9. The van der Waals surface area contributed by atoms with E-state index in [-0.39, 0.29) is 37.9 Å². The van der Waals surface area contributed by atoms with Gasteiger partial charge in [0.25, 0.3) is 0 Å². The number of alkyl halides is 3. The van der Waals surface area contributed by atoms with Gasteiger partial charge in [-0.15, -0.1) is 0 Å². The molecule has 196 valence electrons.